The highest BCUT2D eigenvalue weighted by atomic mass is 35.5. The second kappa shape index (κ2) is 9.83. The Labute approximate surface area is 149 Å². The monoisotopic (exact) mass is 359 g/mol. The van der Waals surface area contributed by atoms with Crippen LogP contribution in [0.25, 0.3) is 0 Å². The van der Waals surface area contributed by atoms with Crippen LogP contribution in [-0.2, 0) is 9.53 Å². The Morgan fingerprint density at radius 3 is 2.26 bits per heavy atom. The molecule has 0 spiro atoms. The van der Waals surface area contributed by atoms with Crippen LogP contribution in [0.1, 0.15) is 44.9 Å². The molecule has 0 saturated heterocycles. The highest BCUT2D eigenvalue weighted by Gasteiger charge is 2.21. The van der Waals surface area contributed by atoms with Gasteiger partial charge in [-0.15, -0.1) is 12.4 Å². The summed E-state index contributed by atoms with van der Waals surface area (Å²) in [4.78, 5) is 25.0. The summed E-state index contributed by atoms with van der Waals surface area (Å²) in [5.41, 5.74) is 0.596. The fourth-order valence-electron chi connectivity index (χ4n) is 1.90. The molecule has 0 aliphatic rings. The van der Waals surface area contributed by atoms with Gasteiger partial charge in [0.1, 0.15) is 5.60 Å². The molecule has 1 atom stereocenters. The summed E-state index contributed by atoms with van der Waals surface area (Å²) in [5, 5.41) is 0.123. The summed E-state index contributed by atoms with van der Waals surface area (Å²) < 4.78 is 5.33. The van der Waals surface area contributed by atoms with Gasteiger partial charge in [0.05, 0.1) is 0 Å². The lowest BCUT2D eigenvalue weighted by molar-refractivity contribution is -0.109. The van der Waals surface area contributed by atoms with Gasteiger partial charge in [-0.25, -0.2) is 4.79 Å². The SMILES string of the molecule is CC(=O)SC(CCN(C)C(=O)OC(C)(C)C)c1ccccc1.Cl. The number of carbonyl (C=O) groups is 2. The van der Waals surface area contributed by atoms with Crippen molar-refractivity contribution in [3.63, 3.8) is 0 Å². The Bertz CT molecular complexity index is 502. The predicted octanol–water partition coefficient (Wildman–Crippen LogP) is 4.69. The van der Waals surface area contributed by atoms with Crippen molar-refractivity contribution in [2.75, 3.05) is 13.6 Å². The van der Waals surface area contributed by atoms with Crippen molar-refractivity contribution >= 4 is 35.4 Å². The lowest BCUT2D eigenvalue weighted by atomic mass is 10.1. The predicted molar refractivity (Wildman–Crippen MR) is 98.2 cm³/mol. The van der Waals surface area contributed by atoms with Gasteiger partial charge in [-0.2, -0.15) is 0 Å². The number of halogens is 1. The third kappa shape index (κ3) is 8.86. The average molecular weight is 360 g/mol. The molecule has 0 aliphatic carbocycles. The van der Waals surface area contributed by atoms with E-state index in [9.17, 15) is 9.59 Å². The number of hydrogen-bond acceptors (Lipinski definition) is 4. The average Bonchev–Trinajstić information content (AvgIpc) is 2.41. The van der Waals surface area contributed by atoms with Crippen LogP contribution >= 0.6 is 24.2 Å². The summed E-state index contributed by atoms with van der Waals surface area (Å²) in [5.74, 6) is 0. The first-order chi connectivity index (χ1) is 10.2. The Hall–Kier alpha value is -1.20. The number of hydrogen-bond donors (Lipinski definition) is 0. The molecule has 130 valence electrons. The van der Waals surface area contributed by atoms with Gasteiger partial charge < -0.3 is 9.64 Å². The van der Waals surface area contributed by atoms with Gasteiger partial charge in [-0.05, 0) is 32.8 Å². The molecular weight excluding hydrogens is 334 g/mol. The highest BCUT2D eigenvalue weighted by molar-refractivity contribution is 8.13. The van der Waals surface area contributed by atoms with Crippen molar-refractivity contribution in [2.24, 2.45) is 0 Å². The molecular formula is C17H26ClNO3S. The molecule has 1 amide bonds. The standard InChI is InChI=1S/C17H25NO3S.ClH/c1-13(19)22-15(14-9-7-6-8-10-14)11-12-18(5)16(20)21-17(2,3)4;/h6-10,15H,11-12H2,1-5H3;1H. The molecule has 1 rings (SSSR count). The summed E-state index contributed by atoms with van der Waals surface area (Å²) in [7, 11) is 1.72. The number of benzene rings is 1. The highest BCUT2D eigenvalue weighted by Crippen LogP contribution is 2.32. The van der Waals surface area contributed by atoms with Crippen LogP contribution < -0.4 is 0 Å². The van der Waals surface area contributed by atoms with E-state index < -0.39 is 5.60 Å². The molecule has 0 heterocycles. The van der Waals surface area contributed by atoms with Crippen LogP contribution in [0.2, 0.25) is 0 Å². The molecule has 1 aromatic carbocycles. The van der Waals surface area contributed by atoms with Gasteiger partial charge in [0.2, 0.25) is 0 Å². The fourth-order valence-corrected chi connectivity index (χ4v) is 2.82. The molecule has 0 bridgehead atoms. The Kier molecular flexibility index (Phi) is 9.32. The second-order valence-corrected chi connectivity index (χ2v) is 7.58. The zero-order valence-electron chi connectivity index (χ0n) is 14.4. The summed E-state index contributed by atoms with van der Waals surface area (Å²) in [6.45, 7) is 7.64. The van der Waals surface area contributed by atoms with E-state index >= 15 is 0 Å². The van der Waals surface area contributed by atoms with Gasteiger partial charge >= 0.3 is 6.09 Å². The van der Waals surface area contributed by atoms with Gasteiger partial charge in [-0.1, -0.05) is 42.1 Å². The minimum Gasteiger partial charge on any atom is -0.444 e. The lowest BCUT2D eigenvalue weighted by Crippen LogP contribution is -2.35. The van der Waals surface area contributed by atoms with Crippen LogP contribution in [0.3, 0.4) is 0 Å². The maximum atomic E-state index is 12.0. The molecule has 0 aliphatic heterocycles. The molecule has 23 heavy (non-hydrogen) atoms. The Morgan fingerprint density at radius 2 is 1.78 bits per heavy atom. The third-order valence-corrected chi connectivity index (χ3v) is 4.04. The lowest BCUT2D eigenvalue weighted by Gasteiger charge is -2.25. The van der Waals surface area contributed by atoms with Crippen LogP contribution in [0.15, 0.2) is 30.3 Å². The van der Waals surface area contributed by atoms with Crippen LogP contribution in [0, 0.1) is 0 Å². The van der Waals surface area contributed by atoms with E-state index in [4.69, 9.17) is 4.74 Å². The number of rotatable bonds is 5. The van der Waals surface area contributed by atoms with Crippen LogP contribution in [-0.4, -0.2) is 35.3 Å². The molecule has 0 aromatic heterocycles. The molecule has 0 N–H and O–H groups in total. The molecule has 0 saturated carbocycles. The van der Waals surface area contributed by atoms with E-state index in [1.54, 1.807) is 18.9 Å². The maximum absolute atomic E-state index is 12.0. The molecule has 4 nitrogen and oxygen atoms in total. The third-order valence-electron chi connectivity index (χ3n) is 2.91. The molecule has 0 fully saturated rings. The normalized spacial score (nSPS) is 12.0. The first-order valence-corrected chi connectivity index (χ1v) is 8.23. The van der Waals surface area contributed by atoms with Gasteiger partial charge in [0.25, 0.3) is 0 Å². The van der Waals surface area contributed by atoms with Crippen LogP contribution in [0.5, 0.6) is 0 Å². The number of ether oxygens (including phenoxy) is 1. The van der Waals surface area contributed by atoms with E-state index in [0.29, 0.717) is 13.0 Å². The smallest absolute Gasteiger partial charge is 0.410 e. The van der Waals surface area contributed by atoms with Crippen molar-refractivity contribution in [3.8, 4) is 0 Å². The molecule has 0 radical (unpaired) electrons. The van der Waals surface area contributed by atoms with Crippen molar-refractivity contribution in [2.45, 2.75) is 45.0 Å². The minimum atomic E-state index is -0.502. The number of nitrogens with zero attached hydrogens (tertiary/aromatic N) is 1. The first kappa shape index (κ1) is 21.8. The Morgan fingerprint density at radius 1 is 1.22 bits per heavy atom. The largest absolute Gasteiger partial charge is 0.444 e. The quantitative estimate of drug-likeness (QED) is 0.765. The maximum Gasteiger partial charge on any atom is 0.410 e. The minimum absolute atomic E-state index is 0. The zero-order valence-corrected chi connectivity index (χ0v) is 16.0. The van der Waals surface area contributed by atoms with E-state index in [0.717, 1.165) is 5.56 Å². The summed E-state index contributed by atoms with van der Waals surface area (Å²) >= 11 is 1.30. The van der Waals surface area contributed by atoms with Gasteiger partial charge in [0, 0.05) is 25.8 Å². The van der Waals surface area contributed by atoms with E-state index in [2.05, 4.69) is 0 Å². The summed E-state index contributed by atoms with van der Waals surface area (Å²) in [6, 6.07) is 9.88. The fraction of sp³-hybridized carbons (Fsp3) is 0.529. The van der Waals surface area contributed by atoms with Gasteiger partial charge in [-0.3, -0.25) is 4.79 Å². The van der Waals surface area contributed by atoms with Crippen LogP contribution in [0.4, 0.5) is 4.79 Å². The molecule has 1 unspecified atom stereocenters. The molecule has 6 heteroatoms. The van der Waals surface area contributed by atoms with Gasteiger partial charge in [0.15, 0.2) is 5.12 Å². The van der Waals surface area contributed by atoms with Crippen molar-refractivity contribution in [1.82, 2.24) is 4.90 Å². The topological polar surface area (TPSA) is 46.6 Å². The molecule has 1 aromatic rings. The van der Waals surface area contributed by atoms with Crippen molar-refractivity contribution < 1.29 is 14.3 Å². The van der Waals surface area contributed by atoms with Crippen molar-refractivity contribution in [1.29, 1.82) is 0 Å². The Balaban J connectivity index is 0.00000484. The zero-order chi connectivity index (χ0) is 16.8. The summed E-state index contributed by atoms with van der Waals surface area (Å²) in [6.07, 6.45) is 0.358. The first-order valence-electron chi connectivity index (χ1n) is 7.35. The van der Waals surface area contributed by atoms with Crippen molar-refractivity contribution in [3.05, 3.63) is 35.9 Å². The number of amides is 1. The van der Waals surface area contributed by atoms with E-state index in [1.807, 2.05) is 51.1 Å². The number of carbonyl (C=O) groups excluding carboxylic acids is 2. The second-order valence-electron chi connectivity index (χ2n) is 6.20. The van der Waals surface area contributed by atoms with E-state index in [1.165, 1.54) is 11.8 Å². The van der Waals surface area contributed by atoms with E-state index in [-0.39, 0.29) is 28.9 Å². The number of thioether (sulfide) groups is 1.